The number of nitrogens with two attached hydrogens (primary N) is 1. The van der Waals surface area contributed by atoms with Gasteiger partial charge in [0, 0.05) is 17.5 Å². The summed E-state index contributed by atoms with van der Waals surface area (Å²) in [6, 6.07) is 6.82. The molecule has 2 aromatic rings. The van der Waals surface area contributed by atoms with E-state index in [0.29, 0.717) is 12.4 Å². The molecule has 0 fully saturated rings. The van der Waals surface area contributed by atoms with Crippen LogP contribution in [0.25, 0.3) is 0 Å². The number of thiophene rings is 1. The van der Waals surface area contributed by atoms with Crippen molar-refractivity contribution in [3.8, 4) is 0 Å². The van der Waals surface area contributed by atoms with Crippen LogP contribution in [0.15, 0.2) is 29.6 Å². The maximum atomic E-state index is 10.9. The lowest BCUT2D eigenvalue weighted by Gasteiger charge is -2.07. The maximum absolute atomic E-state index is 10.9. The van der Waals surface area contributed by atoms with Crippen molar-refractivity contribution in [1.29, 1.82) is 0 Å². The van der Waals surface area contributed by atoms with E-state index < -0.39 is 4.92 Å². The zero-order valence-corrected chi connectivity index (χ0v) is 10.8. The lowest BCUT2D eigenvalue weighted by atomic mass is 10.3. The summed E-state index contributed by atoms with van der Waals surface area (Å²) in [4.78, 5) is 15.7. The second kappa shape index (κ2) is 6.12. The highest BCUT2D eigenvalue weighted by molar-refractivity contribution is 7.09. The Bertz CT molecular complexity index is 558. The van der Waals surface area contributed by atoms with Crippen LogP contribution in [-0.2, 0) is 6.42 Å². The number of hydrogen-bond acceptors (Lipinski definition) is 7. The van der Waals surface area contributed by atoms with Gasteiger partial charge in [0.15, 0.2) is 0 Å². The molecular formula is C11H13N5O2S. The number of aromatic nitrogens is 1. The summed E-state index contributed by atoms with van der Waals surface area (Å²) in [5, 5.41) is 15.9. The van der Waals surface area contributed by atoms with Crippen molar-refractivity contribution in [3.05, 3.63) is 44.6 Å². The average molecular weight is 279 g/mol. The topological polar surface area (TPSA) is 106 Å². The highest BCUT2D eigenvalue weighted by atomic mass is 32.1. The first-order chi connectivity index (χ1) is 9.20. The molecule has 100 valence electrons. The number of rotatable bonds is 6. The zero-order chi connectivity index (χ0) is 13.7. The first-order valence-corrected chi connectivity index (χ1v) is 6.47. The second-order valence-electron chi connectivity index (χ2n) is 3.72. The van der Waals surface area contributed by atoms with Crippen LogP contribution in [0, 0.1) is 10.1 Å². The SMILES string of the molecule is NNc1ccc([N+](=O)[O-])c(NCCc2cccs2)n1. The molecule has 0 unspecified atom stereocenters. The average Bonchev–Trinajstić information content (AvgIpc) is 2.91. The quantitative estimate of drug-likeness (QED) is 0.424. The van der Waals surface area contributed by atoms with Crippen LogP contribution in [0.5, 0.6) is 0 Å². The summed E-state index contributed by atoms with van der Waals surface area (Å²) in [7, 11) is 0. The van der Waals surface area contributed by atoms with Crippen LogP contribution < -0.4 is 16.6 Å². The molecule has 0 spiro atoms. The Balaban J connectivity index is 2.06. The van der Waals surface area contributed by atoms with Gasteiger partial charge < -0.3 is 10.7 Å². The van der Waals surface area contributed by atoms with Crippen molar-refractivity contribution >= 4 is 28.7 Å². The van der Waals surface area contributed by atoms with Gasteiger partial charge in [-0.15, -0.1) is 11.3 Å². The summed E-state index contributed by atoms with van der Waals surface area (Å²) in [5.41, 5.74) is 2.30. The monoisotopic (exact) mass is 279 g/mol. The minimum atomic E-state index is -0.471. The second-order valence-corrected chi connectivity index (χ2v) is 4.75. The van der Waals surface area contributed by atoms with Crippen LogP contribution in [0.4, 0.5) is 17.3 Å². The molecule has 0 bridgehead atoms. The Hall–Kier alpha value is -2.19. The smallest absolute Gasteiger partial charge is 0.311 e. The molecule has 4 N–H and O–H groups in total. The molecule has 7 nitrogen and oxygen atoms in total. The van der Waals surface area contributed by atoms with Gasteiger partial charge in [-0.2, -0.15) is 0 Å². The zero-order valence-electron chi connectivity index (χ0n) is 10.00. The molecule has 0 atom stereocenters. The third-order valence-corrected chi connectivity index (χ3v) is 3.40. The van der Waals surface area contributed by atoms with E-state index in [1.807, 2.05) is 17.5 Å². The molecule has 2 aromatic heterocycles. The van der Waals surface area contributed by atoms with E-state index in [-0.39, 0.29) is 11.5 Å². The van der Waals surface area contributed by atoms with Gasteiger partial charge in [0.1, 0.15) is 5.82 Å². The van der Waals surface area contributed by atoms with Gasteiger partial charge in [-0.3, -0.25) is 10.1 Å². The maximum Gasteiger partial charge on any atom is 0.311 e. The Morgan fingerprint density at radius 1 is 1.42 bits per heavy atom. The molecule has 0 aliphatic carbocycles. The molecular weight excluding hydrogens is 266 g/mol. The number of nitrogens with zero attached hydrogens (tertiary/aromatic N) is 2. The van der Waals surface area contributed by atoms with E-state index in [1.165, 1.54) is 17.0 Å². The molecule has 0 saturated carbocycles. The molecule has 0 aromatic carbocycles. The van der Waals surface area contributed by atoms with E-state index >= 15 is 0 Å². The summed E-state index contributed by atoms with van der Waals surface area (Å²) in [6.45, 7) is 0.572. The van der Waals surface area contributed by atoms with Crippen molar-refractivity contribution in [2.75, 3.05) is 17.3 Å². The highest BCUT2D eigenvalue weighted by Crippen LogP contribution is 2.23. The van der Waals surface area contributed by atoms with E-state index in [4.69, 9.17) is 5.84 Å². The Kier molecular flexibility index (Phi) is 4.26. The van der Waals surface area contributed by atoms with Crippen LogP contribution >= 0.6 is 11.3 Å². The number of nitro groups is 1. The van der Waals surface area contributed by atoms with Gasteiger partial charge in [-0.25, -0.2) is 10.8 Å². The number of nitrogens with one attached hydrogen (secondary N) is 2. The minimum Gasteiger partial charge on any atom is -0.364 e. The number of hydrazine groups is 1. The van der Waals surface area contributed by atoms with Gasteiger partial charge in [-0.05, 0) is 23.9 Å². The lowest BCUT2D eigenvalue weighted by molar-refractivity contribution is -0.384. The minimum absolute atomic E-state index is 0.0646. The predicted molar refractivity (Wildman–Crippen MR) is 75.2 cm³/mol. The molecule has 8 heteroatoms. The van der Waals surface area contributed by atoms with Gasteiger partial charge in [0.25, 0.3) is 0 Å². The summed E-state index contributed by atoms with van der Waals surface area (Å²) in [6.07, 6.45) is 0.788. The van der Waals surface area contributed by atoms with E-state index in [1.54, 1.807) is 11.3 Å². The van der Waals surface area contributed by atoms with Gasteiger partial charge in [0.05, 0.1) is 4.92 Å². The van der Waals surface area contributed by atoms with Crippen LogP contribution in [-0.4, -0.2) is 16.5 Å². The summed E-state index contributed by atoms with van der Waals surface area (Å²) in [5.74, 6) is 5.84. The summed E-state index contributed by atoms with van der Waals surface area (Å²) >= 11 is 1.65. The third kappa shape index (κ3) is 3.39. The van der Waals surface area contributed by atoms with Crippen molar-refractivity contribution in [2.24, 2.45) is 5.84 Å². The number of pyridine rings is 1. The van der Waals surface area contributed by atoms with Crippen molar-refractivity contribution in [3.63, 3.8) is 0 Å². The third-order valence-electron chi connectivity index (χ3n) is 2.46. The molecule has 2 heterocycles. The Morgan fingerprint density at radius 3 is 2.89 bits per heavy atom. The van der Waals surface area contributed by atoms with Crippen molar-refractivity contribution in [1.82, 2.24) is 4.98 Å². The molecule has 0 aliphatic heterocycles. The first-order valence-electron chi connectivity index (χ1n) is 5.59. The molecule has 0 saturated heterocycles. The molecule has 19 heavy (non-hydrogen) atoms. The lowest BCUT2D eigenvalue weighted by Crippen LogP contribution is -2.12. The number of hydrogen-bond donors (Lipinski definition) is 3. The molecule has 0 amide bonds. The largest absolute Gasteiger partial charge is 0.364 e. The van der Waals surface area contributed by atoms with Crippen LogP contribution in [0.3, 0.4) is 0 Å². The fourth-order valence-electron chi connectivity index (χ4n) is 1.57. The molecule has 2 rings (SSSR count). The van der Waals surface area contributed by atoms with E-state index in [2.05, 4.69) is 15.7 Å². The Labute approximate surface area is 113 Å². The number of anilines is 2. The fourth-order valence-corrected chi connectivity index (χ4v) is 2.28. The van der Waals surface area contributed by atoms with Crippen LogP contribution in [0.1, 0.15) is 4.88 Å². The molecule has 0 aliphatic rings. The standard InChI is InChI=1S/C11H13N5O2S/c12-15-10-4-3-9(16(17)18)11(14-10)13-6-5-8-2-1-7-19-8/h1-4,7H,5-6,12H2,(H2,13,14,15). The van der Waals surface area contributed by atoms with E-state index in [9.17, 15) is 10.1 Å². The van der Waals surface area contributed by atoms with Crippen molar-refractivity contribution < 1.29 is 4.92 Å². The van der Waals surface area contributed by atoms with Gasteiger partial charge >= 0.3 is 5.69 Å². The van der Waals surface area contributed by atoms with Gasteiger partial charge in [0.2, 0.25) is 5.82 Å². The summed E-state index contributed by atoms with van der Waals surface area (Å²) < 4.78 is 0. The van der Waals surface area contributed by atoms with Crippen molar-refractivity contribution in [2.45, 2.75) is 6.42 Å². The normalized spacial score (nSPS) is 10.2. The van der Waals surface area contributed by atoms with Crippen LogP contribution in [0.2, 0.25) is 0 Å². The fraction of sp³-hybridized carbons (Fsp3) is 0.182. The molecule has 0 radical (unpaired) electrons. The Morgan fingerprint density at radius 2 is 2.26 bits per heavy atom. The first kappa shape index (κ1) is 13.2. The number of nitrogen functional groups attached to an aromatic ring is 1. The predicted octanol–water partition coefficient (Wildman–Crippen LogP) is 1.99. The van der Waals surface area contributed by atoms with Gasteiger partial charge in [-0.1, -0.05) is 6.07 Å². The van der Waals surface area contributed by atoms with E-state index in [0.717, 1.165) is 6.42 Å². The highest BCUT2D eigenvalue weighted by Gasteiger charge is 2.15.